The first-order valence-corrected chi connectivity index (χ1v) is 8.80. The second kappa shape index (κ2) is 7.38. The van der Waals surface area contributed by atoms with E-state index in [1.54, 1.807) is 18.1 Å². The number of thioether (sulfide) groups is 1. The van der Waals surface area contributed by atoms with Crippen LogP contribution >= 0.6 is 23.3 Å². The highest BCUT2D eigenvalue weighted by Crippen LogP contribution is 2.43. The largest absolute Gasteiger partial charge is 0.465 e. The molecular formula is C13H21N3O2S2. The van der Waals surface area contributed by atoms with Crippen molar-refractivity contribution in [2.45, 2.75) is 43.0 Å². The quantitative estimate of drug-likeness (QED) is 0.557. The van der Waals surface area contributed by atoms with E-state index >= 15 is 0 Å². The van der Waals surface area contributed by atoms with Crippen molar-refractivity contribution in [3.8, 4) is 0 Å². The first-order chi connectivity index (χ1) is 9.73. The molecule has 1 unspecified atom stereocenters. The Morgan fingerprint density at radius 3 is 2.95 bits per heavy atom. The number of ether oxygens (including phenoxy) is 1. The van der Waals surface area contributed by atoms with Gasteiger partial charge in [-0.25, -0.2) is 4.98 Å². The number of hydrogen-bond acceptors (Lipinski definition) is 7. The van der Waals surface area contributed by atoms with Gasteiger partial charge >= 0.3 is 5.97 Å². The van der Waals surface area contributed by atoms with Crippen molar-refractivity contribution < 1.29 is 9.53 Å². The second-order valence-electron chi connectivity index (χ2n) is 4.89. The molecule has 1 fully saturated rings. The summed E-state index contributed by atoms with van der Waals surface area (Å²) in [6, 6.07) is 0. The number of rotatable bonds is 9. The molecule has 1 N–H and O–H groups in total. The van der Waals surface area contributed by atoms with Crippen molar-refractivity contribution in [1.82, 2.24) is 14.7 Å². The van der Waals surface area contributed by atoms with E-state index in [-0.39, 0.29) is 5.97 Å². The van der Waals surface area contributed by atoms with Crippen LogP contribution in [0, 0.1) is 5.92 Å². The summed E-state index contributed by atoms with van der Waals surface area (Å²) in [6.07, 6.45) is 4.73. The van der Waals surface area contributed by atoms with E-state index in [1.165, 1.54) is 11.5 Å². The fraction of sp³-hybridized carbons (Fsp3) is 0.769. The Labute approximate surface area is 128 Å². The van der Waals surface area contributed by atoms with E-state index in [1.807, 2.05) is 6.92 Å². The number of nitrogens with zero attached hydrogens (tertiary/aromatic N) is 2. The molecule has 0 saturated heterocycles. The molecule has 7 heteroatoms. The lowest BCUT2D eigenvalue weighted by atomic mass is 9.95. The van der Waals surface area contributed by atoms with Crippen LogP contribution in [0.5, 0.6) is 0 Å². The van der Waals surface area contributed by atoms with Crippen molar-refractivity contribution in [2.24, 2.45) is 5.92 Å². The average molecular weight is 315 g/mol. The molecule has 0 spiro atoms. The minimum atomic E-state index is -0.567. The Hall–Kier alpha value is -0.660. The molecule has 1 heterocycles. The number of carbonyl (C=O) groups is 1. The first kappa shape index (κ1) is 15.7. The van der Waals surface area contributed by atoms with Gasteiger partial charge in [-0.2, -0.15) is 4.37 Å². The van der Waals surface area contributed by atoms with Gasteiger partial charge in [0.2, 0.25) is 0 Å². The molecule has 5 nitrogen and oxygen atoms in total. The van der Waals surface area contributed by atoms with Crippen LogP contribution in [-0.2, 0) is 9.53 Å². The monoisotopic (exact) mass is 315 g/mol. The fourth-order valence-electron chi connectivity index (χ4n) is 2.20. The fourth-order valence-corrected chi connectivity index (χ4v) is 3.92. The minimum Gasteiger partial charge on any atom is -0.465 e. The molecule has 1 aliphatic rings. The zero-order chi connectivity index (χ0) is 14.4. The minimum absolute atomic E-state index is 0.118. The van der Waals surface area contributed by atoms with E-state index in [2.05, 4.69) is 21.6 Å². The van der Waals surface area contributed by atoms with Crippen LogP contribution in [0.2, 0.25) is 0 Å². The van der Waals surface area contributed by atoms with E-state index in [0.29, 0.717) is 18.3 Å². The third-order valence-electron chi connectivity index (χ3n) is 3.37. The Morgan fingerprint density at radius 1 is 1.60 bits per heavy atom. The molecule has 20 heavy (non-hydrogen) atoms. The van der Waals surface area contributed by atoms with Crippen LogP contribution in [0.15, 0.2) is 10.7 Å². The maximum absolute atomic E-state index is 12.5. The molecule has 112 valence electrons. The predicted octanol–water partition coefficient (Wildman–Crippen LogP) is 2.34. The number of aromatic nitrogens is 2. The van der Waals surface area contributed by atoms with Crippen LogP contribution < -0.4 is 5.32 Å². The van der Waals surface area contributed by atoms with Gasteiger partial charge in [0.05, 0.1) is 6.61 Å². The zero-order valence-electron chi connectivity index (χ0n) is 11.9. The number of nitrogens with one attached hydrogen (secondary N) is 1. The lowest BCUT2D eigenvalue weighted by Gasteiger charge is -2.32. The van der Waals surface area contributed by atoms with Crippen LogP contribution in [0.25, 0.3) is 0 Å². The molecule has 1 aromatic heterocycles. The average Bonchev–Trinajstić information content (AvgIpc) is 3.16. The SMILES string of the molecule is CCCNC(CSc1ncns1)(C(=O)OCC)C1CC1. The molecule has 1 aromatic rings. The summed E-state index contributed by atoms with van der Waals surface area (Å²) in [5, 5.41) is 3.45. The zero-order valence-corrected chi connectivity index (χ0v) is 13.6. The molecule has 2 rings (SSSR count). The Kier molecular flexibility index (Phi) is 5.80. The van der Waals surface area contributed by atoms with Gasteiger partial charge in [0, 0.05) is 5.75 Å². The van der Waals surface area contributed by atoms with E-state index in [4.69, 9.17) is 4.74 Å². The van der Waals surface area contributed by atoms with Crippen molar-refractivity contribution in [1.29, 1.82) is 0 Å². The Morgan fingerprint density at radius 2 is 2.40 bits per heavy atom. The summed E-state index contributed by atoms with van der Waals surface area (Å²) in [4.78, 5) is 16.7. The van der Waals surface area contributed by atoms with Crippen LogP contribution in [-0.4, -0.2) is 39.8 Å². The molecular weight excluding hydrogens is 294 g/mol. The van der Waals surface area contributed by atoms with Gasteiger partial charge in [0.1, 0.15) is 11.9 Å². The third-order valence-corrected chi connectivity index (χ3v) is 5.36. The second-order valence-corrected chi connectivity index (χ2v) is 6.89. The maximum atomic E-state index is 12.5. The lowest BCUT2D eigenvalue weighted by molar-refractivity contribution is -0.151. The highest BCUT2D eigenvalue weighted by atomic mass is 32.2. The number of hydrogen-bond donors (Lipinski definition) is 1. The molecule has 0 bridgehead atoms. The van der Waals surface area contributed by atoms with Crippen molar-refractivity contribution in [3.05, 3.63) is 6.33 Å². The van der Waals surface area contributed by atoms with E-state index in [9.17, 15) is 4.79 Å². The normalized spacial score (nSPS) is 17.7. The van der Waals surface area contributed by atoms with Gasteiger partial charge in [-0.3, -0.25) is 4.79 Å². The number of esters is 1. The van der Waals surface area contributed by atoms with Gasteiger partial charge in [-0.05, 0) is 50.2 Å². The van der Waals surface area contributed by atoms with E-state index < -0.39 is 5.54 Å². The Balaban J connectivity index is 2.09. The van der Waals surface area contributed by atoms with Crippen molar-refractivity contribution in [3.63, 3.8) is 0 Å². The van der Waals surface area contributed by atoms with Crippen LogP contribution in [0.3, 0.4) is 0 Å². The summed E-state index contributed by atoms with van der Waals surface area (Å²) in [6.45, 7) is 5.21. The van der Waals surface area contributed by atoms with Crippen LogP contribution in [0.1, 0.15) is 33.1 Å². The molecule has 0 aromatic carbocycles. The summed E-state index contributed by atoms with van der Waals surface area (Å²) in [5.74, 6) is 0.924. The van der Waals surface area contributed by atoms with Crippen LogP contribution in [0.4, 0.5) is 0 Å². The molecule has 0 radical (unpaired) electrons. The summed E-state index contributed by atoms with van der Waals surface area (Å²) < 4.78 is 10.2. The summed E-state index contributed by atoms with van der Waals surface area (Å²) in [7, 11) is 0. The molecule has 0 amide bonds. The van der Waals surface area contributed by atoms with Gasteiger partial charge in [0.15, 0.2) is 4.34 Å². The third kappa shape index (κ3) is 3.71. The molecule has 1 saturated carbocycles. The summed E-state index contributed by atoms with van der Waals surface area (Å²) >= 11 is 2.96. The molecule has 1 aliphatic carbocycles. The van der Waals surface area contributed by atoms with Gasteiger partial charge in [-0.1, -0.05) is 18.7 Å². The highest BCUT2D eigenvalue weighted by Gasteiger charge is 2.51. The number of carbonyl (C=O) groups excluding carboxylic acids is 1. The lowest BCUT2D eigenvalue weighted by Crippen LogP contribution is -2.57. The Bertz CT molecular complexity index is 423. The van der Waals surface area contributed by atoms with Crippen molar-refractivity contribution in [2.75, 3.05) is 18.9 Å². The predicted molar refractivity (Wildman–Crippen MR) is 81.0 cm³/mol. The molecule has 1 atom stereocenters. The topological polar surface area (TPSA) is 64.1 Å². The maximum Gasteiger partial charge on any atom is 0.327 e. The smallest absolute Gasteiger partial charge is 0.327 e. The van der Waals surface area contributed by atoms with Gasteiger partial charge < -0.3 is 10.1 Å². The van der Waals surface area contributed by atoms with E-state index in [0.717, 1.165) is 30.1 Å². The first-order valence-electron chi connectivity index (χ1n) is 7.04. The summed E-state index contributed by atoms with van der Waals surface area (Å²) in [5.41, 5.74) is -0.567. The van der Waals surface area contributed by atoms with Gasteiger partial charge in [0.25, 0.3) is 0 Å². The standard InChI is InChI=1S/C13H21N3O2S2/c1-3-7-15-13(10-5-6-10,11(17)18-4-2)8-19-12-14-9-16-20-12/h9-10,15H,3-8H2,1-2H3. The van der Waals surface area contributed by atoms with Gasteiger partial charge in [-0.15, -0.1) is 0 Å². The molecule has 0 aliphatic heterocycles. The van der Waals surface area contributed by atoms with Crippen molar-refractivity contribution >= 4 is 29.3 Å². The highest BCUT2D eigenvalue weighted by molar-refractivity contribution is 8.01.